The number of benzene rings is 1. The molecule has 0 saturated heterocycles. The van der Waals surface area contributed by atoms with Gasteiger partial charge in [0.05, 0.1) is 6.20 Å². The molecule has 0 unspecified atom stereocenters. The van der Waals surface area contributed by atoms with E-state index in [0.717, 1.165) is 30.2 Å². The van der Waals surface area contributed by atoms with Gasteiger partial charge in [-0.25, -0.2) is 0 Å². The third kappa shape index (κ3) is 4.17. The first-order chi connectivity index (χ1) is 9.65. The van der Waals surface area contributed by atoms with Gasteiger partial charge in [-0.3, -0.25) is 0 Å². The second kappa shape index (κ2) is 6.81. The molecule has 2 N–H and O–H groups in total. The Morgan fingerprint density at radius 3 is 2.75 bits per heavy atom. The van der Waals surface area contributed by atoms with E-state index in [2.05, 4.69) is 30.7 Å². The maximum Gasteiger partial charge on any atom is 0.249 e. The molecule has 20 heavy (non-hydrogen) atoms. The Bertz CT molecular complexity index is 555. The van der Waals surface area contributed by atoms with Gasteiger partial charge >= 0.3 is 0 Å². The molecule has 1 aromatic carbocycles. The van der Waals surface area contributed by atoms with Gasteiger partial charge in [-0.15, -0.1) is 5.10 Å². The van der Waals surface area contributed by atoms with E-state index in [1.54, 1.807) is 6.20 Å². The molecular weight excluding hydrogens is 252 g/mol. The second-order valence-electron chi connectivity index (χ2n) is 4.84. The summed E-state index contributed by atoms with van der Waals surface area (Å²) in [5, 5.41) is 14.4. The van der Waals surface area contributed by atoms with Crippen LogP contribution >= 0.6 is 0 Å². The fourth-order valence-electron chi connectivity index (χ4n) is 1.68. The van der Waals surface area contributed by atoms with Crippen LogP contribution in [0.2, 0.25) is 0 Å². The Balaban J connectivity index is 2.01. The molecule has 1 heterocycles. The molecule has 0 aliphatic rings. The van der Waals surface area contributed by atoms with Gasteiger partial charge in [0.1, 0.15) is 0 Å². The monoisotopic (exact) mass is 272 g/mol. The van der Waals surface area contributed by atoms with Crippen molar-refractivity contribution in [3.8, 4) is 0 Å². The van der Waals surface area contributed by atoms with E-state index in [0.29, 0.717) is 5.95 Å². The number of nitrogens with one attached hydrogen (secondary N) is 2. The number of anilines is 3. The third-order valence-electron chi connectivity index (χ3n) is 2.82. The van der Waals surface area contributed by atoms with Gasteiger partial charge in [0.15, 0.2) is 5.82 Å². The summed E-state index contributed by atoms with van der Waals surface area (Å²) in [6.07, 6.45) is 1.62. The van der Waals surface area contributed by atoms with Crippen LogP contribution in [0.3, 0.4) is 0 Å². The van der Waals surface area contributed by atoms with Gasteiger partial charge in [-0.2, -0.15) is 10.1 Å². The van der Waals surface area contributed by atoms with E-state index in [9.17, 15) is 0 Å². The summed E-state index contributed by atoms with van der Waals surface area (Å²) in [6.45, 7) is 3.79. The van der Waals surface area contributed by atoms with Gasteiger partial charge < -0.3 is 15.5 Å². The van der Waals surface area contributed by atoms with E-state index < -0.39 is 0 Å². The van der Waals surface area contributed by atoms with E-state index in [4.69, 9.17) is 0 Å². The molecule has 2 rings (SSSR count). The highest BCUT2D eigenvalue weighted by atomic mass is 15.3. The van der Waals surface area contributed by atoms with Crippen LogP contribution in [-0.2, 0) is 0 Å². The number of likely N-dealkylation sites (N-methyl/N-ethyl adjacent to an activating group) is 1. The number of aryl methyl sites for hydroxylation is 1. The molecule has 0 fully saturated rings. The highest BCUT2D eigenvalue weighted by Gasteiger charge is 2.03. The molecular formula is C14H20N6. The maximum absolute atomic E-state index is 4.39. The predicted octanol–water partition coefficient (Wildman–Crippen LogP) is 1.90. The lowest BCUT2D eigenvalue weighted by atomic mass is 10.2. The minimum absolute atomic E-state index is 0.495. The van der Waals surface area contributed by atoms with Crippen LogP contribution in [0.4, 0.5) is 17.5 Å². The maximum atomic E-state index is 4.39. The van der Waals surface area contributed by atoms with Crippen molar-refractivity contribution in [2.45, 2.75) is 6.92 Å². The SMILES string of the molecule is Cc1ccccc1Nc1nncc(NCCN(C)C)n1. The fourth-order valence-corrected chi connectivity index (χ4v) is 1.68. The Morgan fingerprint density at radius 2 is 2.00 bits per heavy atom. The molecule has 0 aliphatic carbocycles. The first kappa shape index (κ1) is 14.2. The van der Waals surface area contributed by atoms with Crippen molar-refractivity contribution >= 4 is 17.5 Å². The second-order valence-corrected chi connectivity index (χ2v) is 4.84. The lowest BCUT2D eigenvalue weighted by Gasteiger charge is -2.11. The van der Waals surface area contributed by atoms with E-state index in [1.165, 1.54) is 0 Å². The summed E-state index contributed by atoms with van der Waals surface area (Å²) in [7, 11) is 4.07. The number of aromatic nitrogens is 3. The largest absolute Gasteiger partial charge is 0.367 e. The van der Waals surface area contributed by atoms with Gasteiger partial charge in [-0.05, 0) is 32.6 Å². The van der Waals surface area contributed by atoms with Crippen molar-refractivity contribution in [3.05, 3.63) is 36.0 Å². The summed E-state index contributed by atoms with van der Waals surface area (Å²) < 4.78 is 0. The number of hydrogen-bond donors (Lipinski definition) is 2. The smallest absolute Gasteiger partial charge is 0.249 e. The summed E-state index contributed by atoms with van der Waals surface area (Å²) >= 11 is 0. The van der Waals surface area contributed by atoms with Crippen molar-refractivity contribution < 1.29 is 0 Å². The molecule has 0 saturated carbocycles. The zero-order valence-electron chi connectivity index (χ0n) is 12.1. The zero-order chi connectivity index (χ0) is 14.4. The Kier molecular flexibility index (Phi) is 4.84. The van der Waals surface area contributed by atoms with Gasteiger partial charge in [0.2, 0.25) is 5.95 Å². The first-order valence-electron chi connectivity index (χ1n) is 6.56. The van der Waals surface area contributed by atoms with E-state index >= 15 is 0 Å². The molecule has 106 valence electrons. The van der Waals surface area contributed by atoms with Crippen LogP contribution in [-0.4, -0.2) is 47.3 Å². The molecule has 1 aromatic heterocycles. The Morgan fingerprint density at radius 1 is 1.20 bits per heavy atom. The summed E-state index contributed by atoms with van der Waals surface area (Å²) in [4.78, 5) is 6.50. The van der Waals surface area contributed by atoms with Gasteiger partial charge in [0, 0.05) is 18.8 Å². The highest BCUT2D eigenvalue weighted by molar-refractivity contribution is 5.58. The minimum atomic E-state index is 0.495. The molecule has 0 amide bonds. The van der Waals surface area contributed by atoms with E-state index in [-0.39, 0.29) is 0 Å². The number of hydrogen-bond acceptors (Lipinski definition) is 6. The molecule has 6 nitrogen and oxygen atoms in total. The summed E-state index contributed by atoms with van der Waals surface area (Å²) in [6, 6.07) is 8.00. The average molecular weight is 272 g/mol. The summed E-state index contributed by atoms with van der Waals surface area (Å²) in [5.41, 5.74) is 2.13. The molecule has 2 aromatic rings. The van der Waals surface area contributed by atoms with Crippen LogP contribution in [0.1, 0.15) is 5.56 Å². The van der Waals surface area contributed by atoms with Crippen molar-refractivity contribution in [2.75, 3.05) is 37.8 Å². The molecule has 0 aliphatic heterocycles. The third-order valence-corrected chi connectivity index (χ3v) is 2.82. The number of nitrogens with zero attached hydrogens (tertiary/aromatic N) is 4. The quantitative estimate of drug-likeness (QED) is 0.837. The number of para-hydroxylation sites is 1. The predicted molar refractivity (Wildman–Crippen MR) is 81.3 cm³/mol. The topological polar surface area (TPSA) is 66.0 Å². The molecule has 0 bridgehead atoms. The van der Waals surface area contributed by atoms with Crippen molar-refractivity contribution in [2.24, 2.45) is 0 Å². The van der Waals surface area contributed by atoms with Crippen molar-refractivity contribution in [3.63, 3.8) is 0 Å². The van der Waals surface area contributed by atoms with E-state index in [1.807, 2.05) is 45.3 Å². The normalized spacial score (nSPS) is 10.6. The fraction of sp³-hybridized carbons (Fsp3) is 0.357. The standard InChI is InChI=1S/C14H20N6/c1-11-6-4-5-7-12(11)17-14-18-13(10-16-19-14)15-8-9-20(2)3/h4-7,10H,8-9H2,1-3H3,(H2,15,17,18,19). The molecule has 0 atom stereocenters. The summed E-state index contributed by atoms with van der Waals surface area (Å²) in [5.74, 6) is 1.21. The Hall–Kier alpha value is -2.21. The lowest BCUT2D eigenvalue weighted by Crippen LogP contribution is -2.21. The molecule has 6 heteroatoms. The van der Waals surface area contributed by atoms with Crippen LogP contribution in [0, 0.1) is 6.92 Å². The zero-order valence-corrected chi connectivity index (χ0v) is 12.1. The molecule has 0 spiro atoms. The average Bonchev–Trinajstić information content (AvgIpc) is 2.41. The van der Waals surface area contributed by atoms with Crippen molar-refractivity contribution in [1.29, 1.82) is 0 Å². The number of rotatable bonds is 6. The first-order valence-corrected chi connectivity index (χ1v) is 6.56. The Labute approximate surface area is 119 Å². The van der Waals surface area contributed by atoms with Crippen molar-refractivity contribution in [1.82, 2.24) is 20.1 Å². The van der Waals surface area contributed by atoms with Crippen LogP contribution in [0.5, 0.6) is 0 Å². The van der Waals surface area contributed by atoms with Crippen LogP contribution in [0.25, 0.3) is 0 Å². The van der Waals surface area contributed by atoms with Gasteiger partial charge in [0.25, 0.3) is 0 Å². The lowest BCUT2D eigenvalue weighted by molar-refractivity contribution is 0.425. The minimum Gasteiger partial charge on any atom is -0.367 e. The highest BCUT2D eigenvalue weighted by Crippen LogP contribution is 2.17. The van der Waals surface area contributed by atoms with Crippen LogP contribution in [0.15, 0.2) is 30.5 Å². The van der Waals surface area contributed by atoms with Crippen LogP contribution < -0.4 is 10.6 Å². The molecule has 0 radical (unpaired) electrons. The van der Waals surface area contributed by atoms with Gasteiger partial charge in [-0.1, -0.05) is 18.2 Å².